The number of halogens is 2. The van der Waals surface area contributed by atoms with Crippen LogP contribution in [0.25, 0.3) is 6.08 Å². The number of anilines is 1. The fourth-order valence-corrected chi connectivity index (χ4v) is 4.39. The van der Waals surface area contributed by atoms with Crippen molar-refractivity contribution in [3.8, 4) is 11.5 Å². The van der Waals surface area contributed by atoms with Gasteiger partial charge in [0, 0.05) is 5.02 Å². The van der Waals surface area contributed by atoms with Gasteiger partial charge in [-0.05, 0) is 89.3 Å². The first kappa shape index (κ1) is 22.4. The van der Waals surface area contributed by atoms with Crippen molar-refractivity contribution in [1.29, 1.82) is 0 Å². The summed E-state index contributed by atoms with van der Waals surface area (Å²) in [5, 5.41) is 8.95. The molecule has 1 saturated heterocycles. The largest absolute Gasteiger partial charge is 0.490 e. The molecule has 30 heavy (non-hydrogen) atoms. The SMILES string of the molecule is CCOc1cc(/C=C2/SC(=O)N(c3ccc(Cl)cc3)C2=O)cc(I)c1OCC(=O)O. The van der Waals surface area contributed by atoms with E-state index in [0.29, 0.717) is 37.9 Å². The van der Waals surface area contributed by atoms with Crippen molar-refractivity contribution in [2.45, 2.75) is 6.92 Å². The number of carbonyl (C=O) groups is 3. The number of hydrogen-bond acceptors (Lipinski definition) is 6. The van der Waals surface area contributed by atoms with E-state index in [0.717, 1.165) is 16.7 Å². The molecular formula is C20H15ClINO6S. The van der Waals surface area contributed by atoms with Gasteiger partial charge in [-0.3, -0.25) is 9.59 Å². The summed E-state index contributed by atoms with van der Waals surface area (Å²) in [6, 6.07) is 9.78. The molecule has 10 heteroatoms. The first-order valence-electron chi connectivity index (χ1n) is 8.64. The van der Waals surface area contributed by atoms with Crippen LogP contribution >= 0.6 is 46.0 Å². The van der Waals surface area contributed by atoms with Gasteiger partial charge in [0.15, 0.2) is 18.1 Å². The van der Waals surface area contributed by atoms with Gasteiger partial charge in [0.2, 0.25) is 0 Å². The maximum atomic E-state index is 12.8. The topological polar surface area (TPSA) is 93.1 Å². The van der Waals surface area contributed by atoms with Crippen molar-refractivity contribution in [1.82, 2.24) is 0 Å². The Bertz CT molecular complexity index is 1040. The van der Waals surface area contributed by atoms with Crippen molar-refractivity contribution in [2.75, 3.05) is 18.1 Å². The number of benzene rings is 2. The van der Waals surface area contributed by atoms with E-state index >= 15 is 0 Å². The molecule has 1 aliphatic heterocycles. The fourth-order valence-electron chi connectivity index (χ4n) is 2.64. The predicted molar refractivity (Wildman–Crippen MR) is 123 cm³/mol. The number of carboxylic acid groups (broad SMARTS) is 1. The summed E-state index contributed by atoms with van der Waals surface area (Å²) in [4.78, 5) is 37.4. The van der Waals surface area contributed by atoms with Crippen LogP contribution < -0.4 is 14.4 Å². The first-order valence-corrected chi connectivity index (χ1v) is 10.9. The van der Waals surface area contributed by atoms with Gasteiger partial charge in [-0.25, -0.2) is 9.69 Å². The molecule has 2 aromatic carbocycles. The van der Waals surface area contributed by atoms with Crippen LogP contribution in [0.15, 0.2) is 41.3 Å². The van der Waals surface area contributed by atoms with Gasteiger partial charge in [-0.15, -0.1) is 0 Å². The average molecular weight is 560 g/mol. The molecule has 0 aromatic heterocycles. The van der Waals surface area contributed by atoms with E-state index in [1.165, 1.54) is 0 Å². The molecule has 1 heterocycles. The zero-order chi connectivity index (χ0) is 21.8. The lowest BCUT2D eigenvalue weighted by Gasteiger charge is -2.14. The second kappa shape index (κ2) is 9.71. The Kier molecular flexibility index (Phi) is 7.27. The van der Waals surface area contributed by atoms with Gasteiger partial charge in [0.05, 0.1) is 20.8 Å². The van der Waals surface area contributed by atoms with Gasteiger partial charge in [-0.1, -0.05) is 11.6 Å². The Morgan fingerprint density at radius 2 is 1.93 bits per heavy atom. The summed E-state index contributed by atoms with van der Waals surface area (Å²) < 4.78 is 11.5. The van der Waals surface area contributed by atoms with Crippen molar-refractivity contribution < 1.29 is 29.0 Å². The molecule has 0 aliphatic carbocycles. The van der Waals surface area contributed by atoms with Gasteiger partial charge in [0.25, 0.3) is 11.1 Å². The molecule has 1 aliphatic rings. The van der Waals surface area contributed by atoms with Gasteiger partial charge in [0.1, 0.15) is 0 Å². The van der Waals surface area contributed by atoms with Crippen LogP contribution in [0.3, 0.4) is 0 Å². The minimum absolute atomic E-state index is 0.257. The molecule has 0 atom stereocenters. The normalized spacial score (nSPS) is 15.0. The molecule has 0 bridgehead atoms. The molecular weight excluding hydrogens is 545 g/mol. The average Bonchev–Trinajstić information content (AvgIpc) is 2.95. The van der Waals surface area contributed by atoms with E-state index in [1.54, 1.807) is 49.4 Å². The standard InChI is InChI=1S/C20H15ClINO6S/c1-2-28-15-8-11(7-14(22)18(15)29-10-17(24)25)9-16-19(26)23(20(27)30-16)13-5-3-12(21)4-6-13/h3-9H,2,10H2,1H3,(H,24,25)/b16-9+. The van der Waals surface area contributed by atoms with Crippen LogP contribution in [0.2, 0.25) is 5.02 Å². The Hall–Kier alpha value is -2.24. The second-order valence-electron chi connectivity index (χ2n) is 5.94. The van der Waals surface area contributed by atoms with Crippen LogP contribution in [-0.4, -0.2) is 35.4 Å². The number of amides is 2. The highest BCUT2D eigenvalue weighted by molar-refractivity contribution is 14.1. The first-order chi connectivity index (χ1) is 14.3. The third kappa shape index (κ3) is 5.08. The maximum Gasteiger partial charge on any atom is 0.341 e. The lowest BCUT2D eigenvalue weighted by Crippen LogP contribution is -2.27. The van der Waals surface area contributed by atoms with Crippen LogP contribution in [0.5, 0.6) is 11.5 Å². The van der Waals surface area contributed by atoms with Crippen LogP contribution in [0, 0.1) is 3.57 Å². The summed E-state index contributed by atoms with van der Waals surface area (Å²) in [6.45, 7) is 1.63. The minimum Gasteiger partial charge on any atom is -0.490 e. The second-order valence-corrected chi connectivity index (χ2v) is 8.53. The van der Waals surface area contributed by atoms with E-state index in [-0.39, 0.29) is 4.91 Å². The monoisotopic (exact) mass is 559 g/mol. The summed E-state index contributed by atoms with van der Waals surface area (Å²) in [5.74, 6) is -0.875. The summed E-state index contributed by atoms with van der Waals surface area (Å²) >= 11 is 8.71. The molecule has 0 unspecified atom stereocenters. The van der Waals surface area contributed by atoms with E-state index < -0.39 is 23.7 Å². The highest BCUT2D eigenvalue weighted by Gasteiger charge is 2.36. The van der Waals surface area contributed by atoms with E-state index in [1.807, 2.05) is 22.6 Å². The smallest absolute Gasteiger partial charge is 0.341 e. The third-order valence-electron chi connectivity index (χ3n) is 3.85. The zero-order valence-corrected chi connectivity index (χ0v) is 19.3. The van der Waals surface area contributed by atoms with E-state index in [9.17, 15) is 14.4 Å². The minimum atomic E-state index is -1.10. The van der Waals surface area contributed by atoms with E-state index in [4.69, 9.17) is 26.2 Å². The van der Waals surface area contributed by atoms with Gasteiger partial charge < -0.3 is 14.6 Å². The highest BCUT2D eigenvalue weighted by Crippen LogP contribution is 2.39. The molecule has 1 N–H and O–H groups in total. The number of nitrogens with zero attached hydrogens (tertiary/aromatic N) is 1. The van der Waals surface area contributed by atoms with Crippen molar-refractivity contribution in [3.05, 3.63) is 55.5 Å². The number of hydrogen-bond donors (Lipinski definition) is 1. The lowest BCUT2D eigenvalue weighted by molar-refractivity contribution is -0.139. The number of thioether (sulfide) groups is 1. The number of rotatable bonds is 7. The Balaban J connectivity index is 1.92. The van der Waals surface area contributed by atoms with Crippen molar-refractivity contribution >= 4 is 74.8 Å². The quantitative estimate of drug-likeness (QED) is 0.375. The van der Waals surface area contributed by atoms with Crippen molar-refractivity contribution in [2.24, 2.45) is 0 Å². The van der Waals surface area contributed by atoms with E-state index in [2.05, 4.69) is 0 Å². The van der Waals surface area contributed by atoms with Gasteiger partial charge in [-0.2, -0.15) is 0 Å². The van der Waals surface area contributed by atoms with Crippen LogP contribution in [0.4, 0.5) is 10.5 Å². The summed E-state index contributed by atoms with van der Waals surface area (Å²) in [5.41, 5.74) is 1.06. The highest BCUT2D eigenvalue weighted by atomic mass is 127. The third-order valence-corrected chi connectivity index (χ3v) is 5.77. The van der Waals surface area contributed by atoms with Crippen molar-refractivity contribution in [3.63, 3.8) is 0 Å². The molecule has 7 nitrogen and oxygen atoms in total. The molecule has 0 spiro atoms. The molecule has 3 rings (SSSR count). The molecule has 2 amide bonds. The number of aliphatic carboxylic acids is 1. The molecule has 0 radical (unpaired) electrons. The number of ether oxygens (including phenoxy) is 2. The molecule has 0 saturated carbocycles. The Labute approximate surface area is 195 Å². The van der Waals surface area contributed by atoms with Crippen LogP contribution in [-0.2, 0) is 9.59 Å². The predicted octanol–water partition coefficient (Wildman–Crippen LogP) is 5.05. The molecule has 2 aromatic rings. The lowest BCUT2D eigenvalue weighted by atomic mass is 10.1. The Morgan fingerprint density at radius 1 is 1.23 bits per heavy atom. The zero-order valence-electron chi connectivity index (χ0n) is 15.6. The molecule has 1 fully saturated rings. The Morgan fingerprint density at radius 3 is 2.57 bits per heavy atom. The number of imide groups is 1. The van der Waals surface area contributed by atoms with Gasteiger partial charge >= 0.3 is 5.97 Å². The summed E-state index contributed by atoms with van der Waals surface area (Å²) in [7, 11) is 0. The number of carbonyl (C=O) groups excluding carboxylic acids is 2. The summed E-state index contributed by atoms with van der Waals surface area (Å²) in [6.07, 6.45) is 1.59. The fraction of sp³-hybridized carbons (Fsp3) is 0.150. The number of carboxylic acids is 1. The maximum absolute atomic E-state index is 12.8. The van der Waals surface area contributed by atoms with Crippen LogP contribution in [0.1, 0.15) is 12.5 Å². The molecule has 156 valence electrons.